The van der Waals surface area contributed by atoms with Crippen LogP contribution in [-0.2, 0) is 25.9 Å². The molecule has 0 bridgehead atoms. The first-order valence-electron chi connectivity index (χ1n) is 8.94. The average molecular weight is 321 g/mol. The van der Waals surface area contributed by atoms with Crippen molar-refractivity contribution in [3.63, 3.8) is 0 Å². The molecule has 126 valence electrons. The fourth-order valence-corrected chi connectivity index (χ4v) is 3.13. The molecule has 0 saturated carbocycles. The maximum atomic E-state index is 8.32. The Morgan fingerprint density at radius 3 is 2.33 bits per heavy atom. The minimum absolute atomic E-state index is 0.481. The minimum atomic E-state index is 0.481. The monoisotopic (exact) mass is 321 g/mol. The van der Waals surface area contributed by atoms with Crippen LogP contribution >= 0.6 is 0 Å². The van der Waals surface area contributed by atoms with Crippen molar-refractivity contribution >= 4 is 5.57 Å². The van der Waals surface area contributed by atoms with E-state index < -0.39 is 0 Å². The third kappa shape index (κ3) is 3.87. The largest absolute Gasteiger partial charge is 0.487 e. The Morgan fingerprint density at radius 1 is 1.04 bits per heavy atom. The molecule has 2 heteroatoms. The van der Waals surface area contributed by atoms with Crippen LogP contribution in [0, 0.1) is 6.58 Å². The first kappa shape index (κ1) is 18.3. The second-order valence-corrected chi connectivity index (χ2v) is 5.87. The number of aromatic nitrogens is 1. The van der Waals surface area contributed by atoms with Crippen LogP contribution in [-0.4, -0.2) is 4.98 Å². The molecule has 2 rings (SSSR count). The van der Waals surface area contributed by atoms with Crippen LogP contribution in [0.15, 0.2) is 30.5 Å². The molecule has 0 aliphatic heterocycles. The van der Waals surface area contributed by atoms with E-state index in [1.165, 1.54) is 16.7 Å². The van der Waals surface area contributed by atoms with E-state index in [4.69, 9.17) is 11.3 Å². The van der Waals surface area contributed by atoms with Crippen molar-refractivity contribution < 1.29 is 4.74 Å². The molecular formula is C22H27NO. The molecule has 2 aromatic rings. The number of benzene rings is 1. The molecule has 0 unspecified atom stereocenters. The summed E-state index contributed by atoms with van der Waals surface area (Å²) in [6, 6.07) is 8.05. The molecule has 0 amide bonds. The molecule has 0 spiro atoms. The summed E-state index contributed by atoms with van der Waals surface area (Å²) in [7, 11) is 0. The van der Waals surface area contributed by atoms with E-state index in [9.17, 15) is 0 Å². The molecule has 1 heterocycles. The Balaban J connectivity index is 2.47. The second-order valence-electron chi connectivity index (χ2n) is 5.87. The molecular weight excluding hydrogens is 294 g/mol. The first-order valence-corrected chi connectivity index (χ1v) is 8.94. The number of hydrogen-bond donors (Lipinski definition) is 0. The predicted molar refractivity (Wildman–Crippen MR) is 100 cm³/mol. The molecule has 1 aromatic heterocycles. The summed E-state index contributed by atoms with van der Waals surface area (Å²) in [5.41, 5.74) is 6.45. The lowest BCUT2D eigenvalue weighted by molar-refractivity contribution is 0.295. The van der Waals surface area contributed by atoms with Gasteiger partial charge in [0, 0.05) is 6.20 Å². The average Bonchev–Trinajstić information content (AvgIpc) is 2.64. The van der Waals surface area contributed by atoms with Gasteiger partial charge in [-0.3, -0.25) is 4.98 Å². The third-order valence-corrected chi connectivity index (χ3v) is 4.43. The standard InChI is InChI=1S/C22H27NO/c1-6-16(5)21-14-17(7-2)22(20(9-4)19(21)8-3)24-15-18-12-10-11-13-23-18/h10-14H,6-9,15H2,1-4H3. The van der Waals surface area contributed by atoms with Gasteiger partial charge < -0.3 is 4.74 Å². The van der Waals surface area contributed by atoms with E-state index in [0.29, 0.717) is 12.2 Å². The zero-order valence-corrected chi connectivity index (χ0v) is 15.3. The third-order valence-electron chi connectivity index (χ3n) is 4.43. The van der Waals surface area contributed by atoms with Gasteiger partial charge >= 0.3 is 0 Å². The van der Waals surface area contributed by atoms with Crippen molar-refractivity contribution in [1.82, 2.24) is 4.98 Å². The number of nitrogens with zero attached hydrogens (tertiary/aromatic N) is 1. The first-order chi connectivity index (χ1) is 11.7. The Bertz CT molecular complexity index is 689. The van der Waals surface area contributed by atoms with Gasteiger partial charge in [-0.25, -0.2) is 0 Å². The summed E-state index contributed by atoms with van der Waals surface area (Å²) in [4.78, 5) is 4.35. The smallest absolute Gasteiger partial charge is 0.130 e. The van der Waals surface area contributed by atoms with E-state index >= 15 is 0 Å². The zero-order chi connectivity index (χ0) is 17.5. The maximum absolute atomic E-state index is 8.32. The van der Waals surface area contributed by atoms with E-state index in [-0.39, 0.29) is 0 Å². The van der Waals surface area contributed by atoms with Gasteiger partial charge in [0.05, 0.1) is 5.69 Å². The van der Waals surface area contributed by atoms with E-state index in [2.05, 4.69) is 31.8 Å². The Kier molecular flexibility index (Phi) is 6.60. The topological polar surface area (TPSA) is 22.1 Å². The van der Waals surface area contributed by atoms with Gasteiger partial charge in [0.2, 0.25) is 0 Å². The van der Waals surface area contributed by atoms with Gasteiger partial charge in [0.15, 0.2) is 0 Å². The van der Waals surface area contributed by atoms with Gasteiger partial charge in [-0.15, -0.1) is 0 Å². The van der Waals surface area contributed by atoms with Crippen molar-refractivity contribution in [3.8, 4) is 5.75 Å². The van der Waals surface area contributed by atoms with E-state index in [0.717, 1.165) is 42.7 Å². The molecule has 0 aliphatic carbocycles. The number of hydrogen-bond acceptors (Lipinski definition) is 2. The minimum Gasteiger partial charge on any atom is -0.487 e. The summed E-state index contributed by atoms with van der Waals surface area (Å²) in [5, 5.41) is 0. The molecule has 24 heavy (non-hydrogen) atoms. The van der Waals surface area contributed by atoms with Crippen molar-refractivity contribution in [1.29, 1.82) is 0 Å². The molecule has 2 radical (unpaired) electrons. The molecule has 1 aromatic carbocycles. The molecule has 0 N–H and O–H groups in total. The molecule has 0 saturated heterocycles. The lowest BCUT2D eigenvalue weighted by Gasteiger charge is -2.22. The maximum Gasteiger partial charge on any atom is 0.130 e. The summed E-state index contributed by atoms with van der Waals surface area (Å²) in [5.74, 6) is 0.996. The quantitative estimate of drug-likeness (QED) is 0.645. The van der Waals surface area contributed by atoms with E-state index in [1.54, 1.807) is 6.20 Å². The highest BCUT2D eigenvalue weighted by Crippen LogP contribution is 2.35. The lowest BCUT2D eigenvalue weighted by Crippen LogP contribution is -2.08. The summed E-state index contributed by atoms with van der Waals surface area (Å²) in [6.45, 7) is 17.3. The molecule has 0 fully saturated rings. The SMILES string of the molecule is [C]=C(CC)c1cc(CC)c(OCc2ccccn2)c(CC)c1CC. The van der Waals surface area contributed by atoms with Crippen LogP contribution in [0.4, 0.5) is 0 Å². The van der Waals surface area contributed by atoms with E-state index in [1.807, 2.05) is 25.1 Å². The van der Waals surface area contributed by atoms with Gasteiger partial charge in [-0.05, 0) is 78.3 Å². The van der Waals surface area contributed by atoms with Crippen LogP contribution in [0.1, 0.15) is 62.1 Å². The Hall–Kier alpha value is -2.09. The lowest BCUT2D eigenvalue weighted by atomic mass is 9.88. The highest BCUT2D eigenvalue weighted by molar-refractivity contribution is 5.69. The number of aryl methyl sites for hydroxylation is 1. The predicted octanol–water partition coefficient (Wildman–Crippen LogP) is 5.45. The van der Waals surface area contributed by atoms with Crippen LogP contribution in [0.5, 0.6) is 5.75 Å². The molecule has 0 atom stereocenters. The van der Waals surface area contributed by atoms with Crippen molar-refractivity contribution in [2.24, 2.45) is 0 Å². The number of pyridine rings is 1. The highest BCUT2D eigenvalue weighted by Gasteiger charge is 2.18. The van der Waals surface area contributed by atoms with Crippen molar-refractivity contribution in [3.05, 3.63) is 65.0 Å². The van der Waals surface area contributed by atoms with Crippen LogP contribution < -0.4 is 4.74 Å². The fourth-order valence-electron chi connectivity index (χ4n) is 3.13. The molecule has 0 aliphatic rings. The number of allylic oxidation sites excluding steroid dienone is 1. The van der Waals surface area contributed by atoms with Crippen molar-refractivity contribution in [2.75, 3.05) is 0 Å². The van der Waals surface area contributed by atoms with Gasteiger partial charge in [-0.2, -0.15) is 0 Å². The van der Waals surface area contributed by atoms with Crippen molar-refractivity contribution in [2.45, 2.75) is 60.0 Å². The number of rotatable bonds is 8. The van der Waals surface area contributed by atoms with Gasteiger partial charge in [0.1, 0.15) is 12.4 Å². The molecule has 2 nitrogen and oxygen atoms in total. The number of ether oxygens (including phenoxy) is 1. The van der Waals surface area contributed by atoms with Crippen LogP contribution in [0.2, 0.25) is 0 Å². The Labute approximate surface area is 146 Å². The highest BCUT2D eigenvalue weighted by atomic mass is 16.5. The van der Waals surface area contributed by atoms with Gasteiger partial charge in [0.25, 0.3) is 0 Å². The van der Waals surface area contributed by atoms with Crippen LogP contribution in [0.3, 0.4) is 0 Å². The Morgan fingerprint density at radius 2 is 1.79 bits per heavy atom. The summed E-state index contributed by atoms with van der Waals surface area (Å²) >= 11 is 0. The zero-order valence-electron chi connectivity index (χ0n) is 15.3. The fraction of sp³-hybridized carbons (Fsp3) is 0.409. The summed E-state index contributed by atoms with van der Waals surface area (Å²) in [6.07, 6.45) is 5.29. The normalized spacial score (nSPS) is 10.7. The summed E-state index contributed by atoms with van der Waals surface area (Å²) < 4.78 is 6.21. The second kappa shape index (κ2) is 8.68. The van der Waals surface area contributed by atoms with Crippen LogP contribution in [0.25, 0.3) is 5.57 Å². The van der Waals surface area contributed by atoms with Gasteiger partial charge in [-0.1, -0.05) is 33.8 Å².